The molecule has 0 unspecified atom stereocenters. The maximum Gasteiger partial charge on any atom is 0.256 e. The predicted molar refractivity (Wildman–Crippen MR) is 104 cm³/mol. The lowest BCUT2D eigenvalue weighted by Gasteiger charge is -2.32. The van der Waals surface area contributed by atoms with Gasteiger partial charge in [-0.1, -0.05) is 12.1 Å². The lowest BCUT2D eigenvalue weighted by molar-refractivity contribution is 0.0668. The van der Waals surface area contributed by atoms with Gasteiger partial charge >= 0.3 is 0 Å². The fraction of sp³-hybridized carbons (Fsp3) is 0.350. The Hall–Kier alpha value is -2.34. The Morgan fingerprint density at radius 2 is 2.19 bits per heavy atom. The molecule has 1 aliphatic heterocycles. The molecule has 5 nitrogen and oxygen atoms in total. The molecule has 4 rings (SSSR count). The van der Waals surface area contributed by atoms with Gasteiger partial charge in [-0.3, -0.25) is 4.79 Å². The van der Waals surface area contributed by atoms with Gasteiger partial charge in [-0.15, -0.1) is 11.8 Å². The van der Waals surface area contributed by atoms with Crippen molar-refractivity contribution in [1.82, 2.24) is 19.9 Å². The molecule has 0 aliphatic carbocycles. The van der Waals surface area contributed by atoms with Crippen LogP contribution in [0.4, 0.5) is 0 Å². The number of nitrogens with one attached hydrogen (secondary N) is 1. The third-order valence-electron chi connectivity index (χ3n) is 4.92. The average molecular weight is 366 g/mol. The smallest absolute Gasteiger partial charge is 0.256 e. The molecular formula is C20H22N4OS. The lowest BCUT2D eigenvalue weighted by atomic mass is 9.94. The molecule has 0 bridgehead atoms. The van der Waals surface area contributed by atoms with Crippen LogP contribution in [0.3, 0.4) is 0 Å². The van der Waals surface area contributed by atoms with Gasteiger partial charge in [-0.25, -0.2) is 9.97 Å². The highest BCUT2D eigenvalue weighted by molar-refractivity contribution is 7.98. The number of para-hydroxylation sites is 2. The molecule has 1 fully saturated rings. The highest BCUT2D eigenvalue weighted by Gasteiger charge is 2.26. The zero-order chi connectivity index (χ0) is 17.9. The minimum atomic E-state index is 0.0942. The number of thioether (sulfide) groups is 1. The van der Waals surface area contributed by atoms with Crippen molar-refractivity contribution in [3.05, 3.63) is 54.0 Å². The average Bonchev–Trinajstić information content (AvgIpc) is 3.09. The number of imidazole rings is 1. The van der Waals surface area contributed by atoms with Gasteiger partial charge in [0.25, 0.3) is 5.91 Å². The van der Waals surface area contributed by atoms with Crippen LogP contribution in [0.2, 0.25) is 0 Å². The van der Waals surface area contributed by atoms with Crippen LogP contribution < -0.4 is 0 Å². The van der Waals surface area contributed by atoms with Crippen molar-refractivity contribution in [2.24, 2.45) is 5.92 Å². The van der Waals surface area contributed by atoms with Gasteiger partial charge in [0.2, 0.25) is 0 Å². The van der Waals surface area contributed by atoms with Gasteiger partial charge in [-0.2, -0.15) is 0 Å². The normalized spacial score (nSPS) is 17.6. The number of likely N-dealkylation sites (tertiary alicyclic amines) is 1. The van der Waals surface area contributed by atoms with E-state index >= 15 is 0 Å². The summed E-state index contributed by atoms with van der Waals surface area (Å²) in [5.41, 5.74) is 2.79. The van der Waals surface area contributed by atoms with Crippen molar-refractivity contribution >= 4 is 28.7 Å². The fourth-order valence-corrected chi connectivity index (χ4v) is 4.22. The zero-order valence-electron chi connectivity index (χ0n) is 14.8. The Kier molecular flexibility index (Phi) is 4.93. The van der Waals surface area contributed by atoms with E-state index in [1.807, 2.05) is 41.5 Å². The van der Waals surface area contributed by atoms with E-state index in [-0.39, 0.29) is 5.91 Å². The van der Waals surface area contributed by atoms with Crippen LogP contribution >= 0.6 is 11.8 Å². The van der Waals surface area contributed by atoms with E-state index in [1.54, 1.807) is 6.20 Å². The van der Waals surface area contributed by atoms with Gasteiger partial charge in [-0.05, 0) is 49.3 Å². The first-order chi connectivity index (χ1) is 12.7. The molecule has 0 saturated carbocycles. The number of H-pyrrole nitrogens is 1. The summed E-state index contributed by atoms with van der Waals surface area (Å²) in [6.07, 6.45) is 6.73. The third kappa shape index (κ3) is 3.46. The summed E-state index contributed by atoms with van der Waals surface area (Å²) in [7, 11) is 0. The molecule has 3 heterocycles. The van der Waals surface area contributed by atoms with Crippen molar-refractivity contribution in [3.8, 4) is 0 Å². The Labute approximate surface area is 157 Å². The Morgan fingerprint density at radius 3 is 3.04 bits per heavy atom. The summed E-state index contributed by atoms with van der Waals surface area (Å²) in [5, 5.41) is 0.803. The zero-order valence-corrected chi connectivity index (χ0v) is 15.6. The molecule has 1 aliphatic rings. The highest BCUT2D eigenvalue weighted by Crippen LogP contribution is 2.25. The summed E-state index contributed by atoms with van der Waals surface area (Å²) in [6, 6.07) is 11.8. The number of rotatable bonds is 4. The second-order valence-corrected chi connectivity index (χ2v) is 7.52. The van der Waals surface area contributed by atoms with E-state index < -0.39 is 0 Å². The SMILES string of the molecule is CSc1ncccc1C(=O)N1CCC[C@@H](Cc2nc3ccccc3[nH]2)C1. The fourth-order valence-electron chi connectivity index (χ4n) is 3.68. The molecule has 6 heteroatoms. The van der Waals surface area contributed by atoms with Crippen molar-refractivity contribution in [2.75, 3.05) is 19.3 Å². The first kappa shape index (κ1) is 17.1. The van der Waals surface area contributed by atoms with Crippen LogP contribution in [0, 0.1) is 5.92 Å². The number of benzene rings is 1. The van der Waals surface area contributed by atoms with Gasteiger partial charge in [0.15, 0.2) is 0 Å². The van der Waals surface area contributed by atoms with Crippen molar-refractivity contribution in [3.63, 3.8) is 0 Å². The number of fused-ring (bicyclic) bond motifs is 1. The Bertz CT molecular complexity index is 890. The number of piperidine rings is 1. The van der Waals surface area contributed by atoms with Crippen LogP contribution in [0.25, 0.3) is 11.0 Å². The maximum atomic E-state index is 13.0. The summed E-state index contributed by atoms with van der Waals surface area (Å²) in [6.45, 7) is 1.59. The quantitative estimate of drug-likeness (QED) is 0.714. The number of pyridine rings is 1. The number of hydrogen-bond acceptors (Lipinski definition) is 4. The predicted octanol–water partition coefficient (Wildman–Crippen LogP) is 3.77. The van der Waals surface area contributed by atoms with Crippen molar-refractivity contribution < 1.29 is 4.79 Å². The molecule has 1 N–H and O–H groups in total. The van der Waals surface area contributed by atoms with E-state index in [4.69, 9.17) is 0 Å². The largest absolute Gasteiger partial charge is 0.342 e. The van der Waals surface area contributed by atoms with Gasteiger partial charge in [0.05, 0.1) is 16.6 Å². The maximum absolute atomic E-state index is 13.0. The van der Waals surface area contributed by atoms with Crippen LogP contribution in [0.15, 0.2) is 47.6 Å². The molecule has 0 radical (unpaired) electrons. The molecule has 1 aromatic carbocycles. The Morgan fingerprint density at radius 1 is 1.31 bits per heavy atom. The first-order valence-electron chi connectivity index (χ1n) is 8.96. The molecule has 3 aromatic rings. The topological polar surface area (TPSA) is 61.9 Å². The van der Waals surface area contributed by atoms with Crippen molar-refractivity contribution in [2.45, 2.75) is 24.3 Å². The Balaban J connectivity index is 1.47. The van der Waals surface area contributed by atoms with Crippen LogP contribution in [-0.2, 0) is 6.42 Å². The minimum absolute atomic E-state index is 0.0942. The molecule has 1 saturated heterocycles. The number of aromatic nitrogens is 3. The monoisotopic (exact) mass is 366 g/mol. The van der Waals surface area contributed by atoms with Gasteiger partial charge in [0.1, 0.15) is 10.9 Å². The minimum Gasteiger partial charge on any atom is -0.342 e. The summed E-state index contributed by atoms with van der Waals surface area (Å²) in [5.74, 6) is 1.54. The number of carbonyl (C=O) groups is 1. The summed E-state index contributed by atoms with van der Waals surface area (Å²) in [4.78, 5) is 27.4. The molecule has 1 amide bonds. The summed E-state index contributed by atoms with van der Waals surface area (Å²) >= 11 is 1.52. The van der Waals surface area contributed by atoms with E-state index in [9.17, 15) is 4.79 Å². The van der Waals surface area contributed by atoms with Gasteiger partial charge < -0.3 is 9.88 Å². The molecule has 2 aromatic heterocycles. The second kappa shape index (κ2) is 7.50. The van der Waals surface area contributed by atoms with Crippen LogP contribution in [0.5, 0.6) is 0 Å². The first-order valence-corrected chi connectivity index (χ1v) is 10.2. The number of nitrogens with zero attached hydrogens (tertiary/aromatic N) is 3. The van der Waals surface area contributed by atoms with E-state index in [1.165, 1.54) is 11.8 Å². The number of amides is 1. The lowest BCUT2D eigenvalue weighted by Crippen LogP contribution is -2.40. The van der Waals surface area contributed by atoms with Gasteiger partial charge in [0, 0.05) is 25.7 Å². The second-order valence-electron chi connectivity index (χ2n) is 6.72. The van der Waals surface area contributed by atoms with Crippen LogP contribution in [-0.4, -0.2) is 45.1 Å². The summed E-state index contributed by atoms with van der Waals surface area (Å²) < 4.78 is 0. The molecule has 134 valence electrons. The molecular weight excluding hydrogens is 344 g/mol. The van der Waals surface area contributed by atoms with E-state index in [0.717, 1.165) is 54.2 Å². The van der Waals surface area contributed by atoms with Crippen molar-refractivity contribution in [1.29, 1.82) is 0 Å². The number of carbonyl (C=O) groups excluding carboxylic acids is 1. The standard InChI is InChI=1S/C20H22N4OS/c1-26-19-15(7-4-10-21-19)20(25)24-11-5-6-14(13-24)12-18-22-16-8-2-3-9-17(16)23-18/h2-4,7-10,14H,5-6,11-13H2,1H3,(H,22,23)/t14-/m0/s1. The highest BCUT2D eigenvalue weighted by atomic mass is 32.2. The van der Waals surface area contributed by atoms with E-state index in [2.05, 4.69) is 21.0 Å². The third-order valence-corrected chi connectivity index (χ3v) is 5.63. The molecule has 0 spiro atoms. The molecule has 1 atom stereocenters. The molecule has 26 heavy (non-hydrogen) atoms. The number of hydrogen-bond donors (Lipinski definition) is 1. The van der Waals surface area contributed by atoms with Crippen LogP contribution in [0.1, 0.15) is 29.0 Å². The van der Waals surface area contributed by atoms with E-state index in [0.29, 0.717) is 11.5 Å². The number of aromatic amines is 1.